The topological polar surface area (TPSA) is 81.9 Å². The highest BCUT2D eigenvalue weighted by Crippen LogP contribution is 2.37. The lowest BCUT2D eigenvalue weighted by molar-refractivity contribution is -0.0510. The third kappa shape index (κ3) is 3.72. The van der Waals surface area contributed by atoms with Crippen LogP contribution < -0.4 is 5.32 Å². The fourth-order valence-electron chi connectivity index (χ4n) is 4.89. The summed E-state index contributed by atoms with van der Waals surface area (Å²) in [6, 6.07) is 5.59. The molecule has 3 aliphatic rings. The quantitative estimate of drug-likeness (QED) is 0.771. The van der Waals surface area contributed by atoms with Crippen LogP contribution in [-0.2, 0) is 19.4 Å². The average molecular weight is 444 g/mol. The Morgan fingerprint density at radius 2 is 2.03 bits per heavy atom. The summed E-state index contributed by atoms with van der Waals surface area (Å²) >= 11 is 6.11. The summed E-state index contributed by atoms with van der Waals surface area (Å²) in [6.45, 7) is 0.320. The first kappa shape index (κ1) is 20.1. The molecule has 2 heterocycles. The van der Waals surface area contributed by atoms with Crippen molar-refractivity contribution < 1.29 is 13.6 Å². The van der Waals surface area contributed by atoms with E-state index in [1.54, 1.807) is 11.0 Å². The second kappa shape index (κ2) is 7.41. The molecule has 1 amide bonds. The lowest BCUT2D eigenvalue weighted by Gasteiger charge is -2.34. The number of nitrogens with zero attached hydrogens (tertiary/aromatic N) is 4. The van der Waals surface area contributed by atoms with Crippen LogP contribution in [0.25, 0.3) is 0 Å². The highest BCUT2D eigenvalue weighted by Gasteiger charge is 2.41. The van der Waals surface area contributed by atoms with E-state index in [-0.39, 0.29) is 30.8 Å². The van der Waals surface area contributed by atoms with Gasteiger partial charge in [0, 0.05) is 36.1 Å². The summed E-state index contributed by atoms with van der Waals surface area (Å²) in [6.07, 6.45) is 3.11. The molecular formula is C22H20ClF2N5O. The maximum absolute atomic E-state index is 13.5. The molecule has 9 heteroatoms. The molecule has 0 unspecified atom stereocenters. The molecule has 5 rings (SSSR count). The number of benzene rings is 1. The van der Waals surface area contributed by atoms with Gasteiger partial charge < -0.3 is 10.2 Å². The van der Waals surface area contributed by atoms with Crippen LogP contribution in [0.5, 0.6) is 0 Å². The minimum atomic E-state index is -2.63. The molecule has 0 bridgehead atoms. The van der Waals surface area contributed by atoms with Gasteiger partial charge in [-0.25, -0.2) is 18.7 Å². The van der Waals surface area contributed by atoms with Crippen LogP contribution in [0.4, 0.5) is 14.7 Å². The number of anilines is 1. The lowest BCUT2D eigenvalue weighted by atomic mass is 9.91. The van der Waals surface area contributed by atoms with Crippen molar-refractivity contribution in [3.05, 3.63) is 51.3 Å². The monoisotopic (exact) mass is 443 g/mol. The number of carbonyl (C=O) groups is 1. The molecule has 1 N–H and O–H groups in total. The van der Waals surface area contributed by atoms with Crippen molar-refractivity contribution in [3.63, 3.8) is 0 Å². The van der Waals surface area contributed by atoms with Gasteiger partial charge in [-0.2, -0.15) is 5.26 Å². The molecule has 1 saturated carbocycles. The summed E-state index contributed by atoms with van der Waals surface area (Å²) in [5.41, 5.74) is 3.67. The van der Waals surface area contributed by atoms with Crippen LogP contribution in [-0.4, -0.2) is 38.8 Å². The van der Waals surface area contributed by atoms with Gasteiger partial charge in [-0.3, -0.25) is 4.79 Å². The number of amides is 1. The maximum Gasteiger partial charge on any atom is 0.257 e. The zero-order valence-electron chi connectivity index (χ0n) is 16.7. The molecule has 1 atom stereocenters. The Kier molecular flexibility index (Phi) is 4.82. The molecular weight excluding hydrogens is 424 g/mol. The number of hydrogen-bond acceptors (Lipinski definition) is 5. The van der Waals surface area contributed by atoms with Gasteiger partial charge in [0.1, 0.15) is 0 Å². The van der Waals surface area contributed by atoms with E-state index in [2.05, 4.69) is 21.4 Å². The Morgan fingerprint density at radius 1 is 1.26 bits per heavy atom. The molecule has 2 aliphatic carbocycles. The summed E-state index contributed by atoms with van der Waals surface area (Å²) < 4.78 is 27.0. The van der Waals surface area contributed by atoms with Gasteiger partial charge in [0.05, 0.1) is 29.4 Å². The standard InChI is InChI=1S/C22H20ClF2N5O/c23-14-5-12-7-15(8-17(12)13(6-14)9-26)28-21-27-10-18-19(29-21)11-30(20(18)31)16-1-3-22(24,25)4-2-16/h5-6,10,15-16H,1-4,7-8,11H2,(H,27,28,29)/t15-/m0/s1. The number of hydrogen-bond donors (Lipinski definition) is 1. The van der Waals surface area contributed by atoms with E-state index in [0.29, 0.717) is 60.0 Å². The van der Waals surface area contributed by atoms with Crippen LogP contribution in [0.3, 0.4) is 0 Å². The first-order valence-corrected chi connectivity index (χ1v) is 10.7. The number of alkyl halides is 2. The maximum atomic E-state index is 13.5. The number of nitriles is 1. The number of halogens is 3. The van der Waals surface area contributed by atoms with E-state index in [0.717, 1.165) is 11.1 Å². The highest BCUT2D eigenvalue weighted by atomic mass is 35.5. The van der Waals surface area contributed by atoms with Crippen LogP contribution in [0.15, 0.2) is 18.3 Å². The summed E-state index contributed by atoms with van der Waals surface area (Å²) in [7, 11) is 0. The molecule has 0 saturated heterocycles. The predicted octanol–water partition coefficient (Wildman–Crippen LogP) is 4.11. The molecule has 0 spiro atoms. The smallest absolute Gasteiger partial charge is 0.257 e. The Balaban J connectivity index is 1.29. The highest BCUT2D eigenvalue weighted by molar-refractivity contribution is 6.30. The second-order valence-electron chi connectivity index (χ2n) is 8.53. The molecule has 1 fully saturated rings. The normalized spacial score (nSPS) is 22.2. The van der Waals surface area contributed by atoms with Crippen LogP contribution in [0, 0.1) is 11.3 Å². The van der Waals surface area contributed by atoms with Crippen molar-refractivity contribution in [3.8, 4) is 6.07 Å². The molecule has 2 aromatic rings. The SMILES string of the molecule is N#Cc1cc(Cl)cc2c1C[C@@H](Nc1ncc3c(n1)CN(C1CCC(F)(F)CC1)C3=O)C2. The predicted molar refractivity (Wildman–Crippen MR) is 110 cm³/mol. The van der Waals surface area contributed by atoms with Crippen molar-refractivity contribution in [2.45, 2.75) is 63.1 Å². The number of nitrogens with one attached hydrogen (secondary N) is 1. The van der Waals surface area contributed by atoms with Crippen molar-refractivity contribution in [2.24, 2.45) is 0 Å². The third-order valence-corrected chi connectivity index (χ3v) is 6.70. The minimum absolute atomic E-state index is 0.0207. The first-order valence-electron chi connectivity index (χ1n) is 10.4. The number of aromatic nitrogens is 2. The van der Waals surface area contributed by atoms with E-state index >= 15 is 0 Å². The molecule has 1 aliphatic heterocycles. The van der Waals surface area contributed by atoms with Gasteiger partial charge in [0.2, 0.25) is 11.9 Å². The summed E-state index contributed by atoms with van der Waals surface area (Å²) in [4.78, 5) is 23.3. The zero-order valence-corrected chi connectivity index (χ0v) is 17.4. The first-order chi connectivity index (χ1) is 14.8. The Hall–Kier alpha value is -2.79. The minimum Gasteiger partial charge on any atom is -0.351 e. The van der Waals surface area contributed by atoms with Crippen molar-refractivity contribution in [1.82, 2.24) is 14.9 Å². The second-order valence-corrected chi connectivity index (χ2v) is 8.96. The Bertz CT molecular complexity index is 1110. The largest absolute Gasteiger partial charge is 0.351 e. The average Bonchev–Trinajstić information content (AvgIpc) is 3.27. The Labute approximate surface area is 183 Å². The molecule has 31 heavy (non-hydrogen) atoms. The van der Waals surface area contributed by atoms with Crippen LogP contribution in [0.2, 0.25) is 5.02 Å². The summed E-state index contributed by atoms with van der Waals surface area (Å²) in [5, 5.41) is 13.2. The van der Waals surface area contributed by atoms with Crippen molar-refractivity contribution in [1.29, 1.82) is 5.26 Å². The van der Waals surface area contributed by atoms with Gasteiger partial charge in [-0.15, -0.1) is 0 Å². The van der Waals surface area contributed by atoms with Gasteiger partial charge in [0.15, 0.2) is 0 Å². The molecule has 1 aromatic carbocycles. The van der Waals surface area contributed by atoms with Gasteiger partial charge in [0.25, 0.3) is 5.91 Å². The van der Waals surface area contributed by atoms with Gasteiger partial charge in [-0.1, -0.05) is 11.6 Å². The van der Waals surface area contributed by atoms with Crippen LogP contribution >= 0.6 is 11.6 Å². The van der Waals surface area contributed by atoms with E-state index < -0.39 is 5.92 Å². The zero-order chi connectivity index (χ0) is 21.8. The molecule has 0 radical (unpaired) electrons. The van der Waals surface area contributed by atoms with E-state index in [1.807, 2.05) is 6.07 Å². The third-order valence-electron chi connectivity index (χ3n) is 6.48. The fourth-order valence-corrected chi connectivity index (χ4v) is 5.13. The molecule has 6 nitrogen and oxygen atoms in total. The number of carbonyl (C=O) groups excluding carboxylic acids is 1. The van der Waals surface area contributed by atoms with Crippen molar-refractivity contribution in [2.75, 3.05) is 5.32 Å². The molecule has 1 aromatic heterocycles. The lowest BCUT2D eigenvalue weighted by Crippen LogP contribution is -2.40. The van der Waals surface area contributed by atoms with E-state index in [4.69, 9.17) is 11.6 Å². The molecule has 160 valence electrons. The summed E-state index contributed by atoms with van der Waals surface area (Å²) in [5.74, 6) is -2.39. The van der Waals surface area contributed by atoms with E-state index in [1.165, 1.54) is 6.20 Å². The Morgan fingerprint density at radius 3 is 2.77 bits per heavy atom. The van der Waals surface area contributed by atoms with Crippen molar-refractivity contribution >= 4 is 23.5 Å². The number of rotatable bonds is 3. The number of fused-ring (bicyclic) bond motifs is 2. The van der Waals surface area contributed by atoms with E-state index in [9.17, 15) is 18.8 Å². The van der Waals surface area contributed by atoms with Gasteiger partial charge in [-0.05, 0) is 48.9 Å². The van der Waals surface area contributed by atoms with Gasteiger partial charge >= 0.3 is 0 Å². The van der Waals surface area contributed by atoms with Crippen LogP contribution in [0.1, 0.15) is 58.4 Å². The fraction of sp³-hybridized carbons (Fsp3) is 0.455.